The standard InChI is InChI=1S/C9H9N5S/c10-7-3-1-6(2-4-7)8-13-14-5-11-12-9(14)15-8/h1,3,5H,2,4,10H2. The van der Waals surface area contributed by atoms with E-state index in [0.717, 1.165) is 28.5 Å². The zero-order valence-electron chi connectivity index (χ0n) is 7.92. The number of nitrogens with zero attached hydrogens (tertiary/aromatic N) is 4. The highest BCUT2D eigenvalue weighted by Gasteiger charge is 2.12. The fourth-order valence-electron chi connectivity index (χ4n) is 1.52. The molecule has 2 aromatic rings. The molecule has 0 spiro atoms. The van der Waals surface area contributed by atoms with Crippen LogP contribution in [-0.2, 0) is 0 Å². The molecule has 0 radical (unpaired) electrons. The van der Waals surface area contributed by atoms with E-state index in [2.05, 4.69) is 15.3 Å². The molecule has 2 N–H and O–H groups in total. The molecule has 76 valence electrons. The van der Waals surface area contributed by atoms with E-state index in [4.69, 9.17) is 5.73 Å². The highest BCUT2D eigenvalue weighted by atomic mass is 32.1. The maximum Gasteiger partial charge on any atom is 0.234 e. The van der Waals surface area contributed by atoms with E-state index in [1.54, 1.807) is 22.2 Å². The molecule has 3 rings (SSSR count). The lowest BCUT2D eigenvalue weighted by atomic mass is 10.0. The second-order valence-electron chi connectivity index (χ2n) is 3.40. The molecule has 0 aromatic carbocycles. The van der Waals surface area contributed by atoms with Gasteiger partial charge < -0.3 is 5.73 Å². The Labute approximate surface area is 89.9 Å². The topological polar surface area (TPSA) is 69.1 Å². The number of nitrogens with two attached hydrogens (primary N) is 1. The van der Waals surface area contributed by atoms with Crippen LogP contribution in [0.2, 0.25) is 0 Å². The lowest BCUT2D eigenvalue weighted by Gasteiger charge is -2.08. The third-order valence-electron chi connectivity index (χ3n) is 2.34. The Morgan fingerprint density at radius 2 is 2.27 bits per heavy atom. The van der Waals surface area contributed by atoms with Crippen LogP contribution in [0, 0.1) is 0 Å². The molecule has 0 atom stereocenters. The molecule has 5 nitrogen and oxygen atoms in total. The van der Waals surface area contributed by atoms with E-state index in [1.807, 2.05) is 12.2 Å². The average Bonchev–Trinajstić information content (AvgIpc) is 2.78. The molecule has 1 aliphatic rings. The number of fused-ring (bicyclic) bond motifs is 1. The highest BCUT2D eigenvalue weighted by molar-refractivity contribution is 7.17. The van der Waals surface area contributed by atoms with Gasteiger partial charge in [0.05, 0.1) is 0 Å². The van der Waals surface area contributed by atoms with E-state index in [1.165, 1.54) is 5.57 Å². The first-order chi connectivity index (χ1) is 7.33. The summed E-state index contributed by atoms with van der Waals surface area (Å²) < 4.78 is 1.70. The molecule has 0 aliphatic heterocycles. The summed E-state index contributed by atoms with van der Waals surface area (Å²) in [5.41, 5.74) is 7.86. The van der Waals surface area contributed by atoms with Gasteiger partial charge in [-0.15, -0.1) is 10.2 Å². The molecule has 0 fully saturated rings. The minimum absolute atomic E-state index is 0.827. The Bertz CT molecular complexity index is 533. The first-order valence-electron chi connectivity index (χ1n) is 4.65. The quantitative estimate of drug-likeness (QED) is 0.782. The maximum atomic E-state index is 5.70. The van der Waals surface area contributed by atoms with Gasteiger partial charge in [0.2, 0.25) is 4.96 Å². The third kappa shape index (κ3) is 1.42. The predicted molar refractivity (Wildman–Crippen MR) is 58.1 cm³/mol. The van der Waals surface area contributed by atoms with E-state index in [9.17, 15) is 0 Å². The van der Waals surface area contributed by atoms with Crippen molar-refractivity contribution in [3.05, 3.63) is 29.2 Å². The van der Waals surface area contributed by atoms with Crippen LogP contribution in [-0.4, -0.2) is 19.8 Å². The SMILES string of the molecule is NC1=CC=C(c2nn3cnnc3s2)CC1. The summed E-state index contributed by atoms with van der Waals surface area (Å²) in [4.78, 5) is 0.827. The van der Waals surface area contributed by atoms with Crippen molar-refractivity contribution in [1.29, 1.82) is 0 Å². The summed E-state index contributed by atoms with van der Waals surface area (Å²) in [6, 6.07) is 0. The van der Waals surface area contributed by atoms with Crippen molar-refractivity contribution in [2.75, 3.05) is 0 Å². The van der Waals surface area contributed by atoms with Crippen LogP contribution in [0.15, 0.2) is 24.2 Å². The minimum Gasteiger partial charge on any atom is -0.402 e. The van der Waals surface area contributed by atoms with E-state index < -0.39 is 0 Å². The highest BCUT2D eigenvalue weighted by Crippen LogP contribution is 2.27. The molecule has 0 saturated heterocycles. The van der Waals surface area contributed by atoms with Gasteiger partial charge in [-0.1, -0.05) is 17.4 Å². The maximum absolute atomic E-state index is 5.70. The van der Waals surface area contributed by atoms with Gasteiger partial charge in [-0.2, -0.15) is 9.61 Å². The fourth-order valence-corrected chi connectivity index (χ4v) is 2.39. The van der Waals surface area contributed by atoms with Gasteiger partial charge in [0, 0.05) is 5.70 Å². The monoisotopic (exact) mass is 219 g/mol. The van der Waals surface area contributed by atoms with Crippen molar-refractivity contribution in [1.82, 2.24) is 19.8 Å². The van der Waals surface area contributed by atoms with Gasteiger partial charge in [0.1, 0.15) is 11.3 Å². The largest absolute Gasteiger partial charge is 0.402 e. The summed E-state index contributed by atoms with van der Waals surface area (Å²) in [6.07, 6.45) is 7.45. The first kappa shape index (κ1) is 8.60. The fraction of sp³-hybridized carbons (Fsp3) is 0.222. The smallest absolute Gasteiger partial charge is 0.234 e. The normalized spacial score (nSPS) is 16.5. The molecule has 1 aliphatic carbocycles. The van der Waals surface area contributed by atoms with Gasteiger partial charge in [0.25, 0.3) is 0 Å². The molecule has 0 bridgehead atoms. The van der Waals surface area contributed by atoms with Crippen LogP contribution in [0.3, 0.4) is 0 Å². The lowest BCUT2D eigenvalue weighted by Crippen LogP contribution is -2.01. The zero-order valence-corrected chi connectivity index (χ0v) is 8.74. The van der Waals surface area contributed by atoms with Crippen LogP contribution < -0.4 is 5.73 Å². The van der Waals surface area contributed by atoms with E-state index in [0.29, 0.717) is 0 Å². The van der Waals surface area contributed by atoms with Crippen LogP contribution in [0.4, 0.5) is 0 Å². The van der Waals surface area contributed by atoms with Crippen molar-refractivity contribution < 1.29 is 0 Å². The molecule has 0 saturated carbocycles. The molecular weight excluding hydrogens is 210 g/mol. The van der Waals surface area contributed by atoms with Gasteiger partial charge in [-0.25, -0.2) is 0 Å². The number of hydrogen-bond acceptors (Lipinski definition) is 5. The predicted octanol–water partition coefficient (Wildman–Crippen LogP) is 1.21. The average molecular weight is 219 g/mol. The Morgan fingerprint density at radius 1 is 1.33 bits per heavy atom. The molecule has 0 amide bonds. The first-order valence-corrected chi connectivity index (χ1v) is 5.47. The number of allylic oxidation sites excluding steroid dienone is 4. The lowest BCUT2D eigenvalue weighted by molar-refractivity contribution is 0.916. The second-order valence-corrected chi connectivity index (χ2v) is 4.35. The van der Waals surface area contributed by atoms with Crippen LogP contribution >= 0.6 is 11.3 Å². The van der Waals surface area contributed by atoms with Gasteiger partial charge in [-0.05, 0) is 24.5 Å². The molecule has 6 heteroatoms. The summed E-state index contributed by atoms with van der Waals surface area (Å²) >= 11 is 1.55. The van der Waals surface area contributed by atoms with Crippen LogP contribution in [0.1, 0.15) is 17.8 Å². The summed E-state index contributed by atoms with van der Waals surface area (Å²) in [6.45, 7) is 0. The van der Waals surface area contributed by atoms with Gasteiger partial charge in [0.15, 0.2) is 0 Å². The summed E-state index contributed by atoms with van der Waals surface area (Å²) in [5, 5.41) is 13.1. The van der Waals surface area contributed by atoms with Crippen molar-refractivity contribution >= 4 is 21.9 Å². The Kier molecular flexibility index (Phi) is 1.81. The molecular formula is C9H9N5S. The van der Waals surface area contributed by atoms with Gasteiger partial charge >= 0.3 is 0 Å². The van der Waals surface area contributed by atoms with Crippen molar-refractivity contribution in [2.45, 2.75) is 12.8 Å². The number of hydrogen-bond donors (Lipinski definition) is 1. The third-order valence-corrected chi connectivity index (χ3v) is 3.33. The minimum atomic E-state index is 0.827. The Balaban J connectivity index is 2.04. The Morgan fingerprint density at radius 3 is 3.00 bits per heavy atom. The molecule has 15 heavy (non-hydrogen) atoms. The van der Waals surface area contributed by atoms with Crippen LogP contribution in [0.25, 0.3) is 10.5 Å². The number of aromatic nitrogens is 4. The van der Waals surface area contributed by atoms with Crippen molar-refractivity contribution in [3.63, 3.8) is 0 Å². The molecule has 0 unspecified atom stereocenters. The number of rotatable bonds is 1. The van der Waals surface area contributed by atoms with Crippen molar-refractivity contribution in [2.24, 2.45) is 5.73 Å². The molecule has 2 aromatic heterocycles. The van der Waals surface area contributed by atoms with Crippen LogP contribution in [0.5, 0.6) is 0 Å². The van der Waals surface area contributed by atoms with Gasteiger partial charge in [-0.3, -0.25) is 0 Å². The summed E-state index contributed by atoms with van der Waals surface area (Å²) in [5.74, 6) is 0. The molecule has 2 heterocycles. The van der Waals surface area contributed by atoms with E-state index in [-0.39, 0.29) is 0 Å². The zero-order chi connectivity index (χ0) is 10.3. The summed E-state index contributed by atoms with van der Waals surface area (Å²) in [7, 11) is 0. The Hall–Kier alpha value is -1.69. The van der Waals surface area contributed by atoms with E-state index >= 15 is 0 Å². The second kappa shape index (κ2) is 3.16. The van der Waals surface area contributed by atoms with Crippen molar-refractivity contribution in [3.8, 4) is 0 Å².